The Morgan fingerprint density at radius 2 is 1.91 bits per heavy atom. The standard InChI is InChI=1S/C19H30N2O2/c1-22-13-4-8-20-9-11-21(12-10-20)16-17-7-14-23-19-6-3-2-5-18(19)15-17/h2-3,5-6,17H,4,7-16H2,1H3. The maximum atomic E-state index is 5.90. The number of nitrogens with zero attached hydrogens (tertiary/aromatic N) is 2. The van der Waals surface area contributed by atoms with Crippen LogP contribution in [0.15, 0.2) is 24.3 Å². The van der Waals surface area contributed by atoms with Crippen LogP contribution in [-0.2, 0) is 11.2 Å². The lowest BCUT2D eigenvalue weighted by Gasteiger charge is -2.36. The number of hydrogen-bond donors (Lipinski definition) is 0. The first-order valence-corrected chi connectivity index (χ1v) is 8.99. The van der Waals surface area contributed by atoms with E-state index in [1.54, 1.807) is 7.11 Å². The first-order chi connectivity index (χ1) is 11.3. The van der Waals surface area contributed by atoms with Crippen molar-refractivity contribution < 1.29 is 9.47 Å². The van der Waals surface area contributed by atoms with Gasteiger partial charge >= 0.3 is 0 Å². The van der Waals surface area contributed by atoms with E-state index in [0.29, 0.717) is 0 Å². The van der Waals surface area contributed by atoms with Gasteiger partial charge < -0.3 is 19.3 Å². The number of rotatable bonds is 6. The SMILES string of the molecule is COCCCN1CCN(CC2CCOc3ccccc3C2)CC1. The van der Waals surface area contributed by atoms with Gasteiger partial charge in [0.2, 0.25) is 0 Å². The maximum Gasteiger partial charge on any atom is 0.122 e. The van der Waals surface area contributed by atoms with E-state index in [2.05, 4.69) is 34.1 Å². The smallest absolute Gasteiger partial charge is 0.122 e. The minimum absolute atomic E-state index is 0.721. The van der Waals surface area contributed by atoms with Gasteiger partial charge in [0.05, 0.1) is 6.61 Å². The Hall–Kier alpha value is -1.10. The zero-order chi connectivity index (χ0) is 15.9. The zero-order valence-corrected chi connectivity index (χ0v) is 14.4. The topological polar surface area (TPSA) is 24.9 Å². The number of methoxy groups -OCH3 is 1. The summed E-state index contributed by atoms with van der Waals surface area (Å²) in [6.45, 7) is 8.92. The van der Waals surface area contributed by atoms with Gasteiger partial charge in [-0.25, -0.2) is 0 Å². The van der Waals surface area contributed by atoms with Crippen molar-refractivity contribution in [2.24, 2.45) is 5.92 Å². The number of fused-ring (bicyclic) bond motifs is 1. The van der Waals surface area contributed by atoms with Gasteiger partial charge in [0, 0.05) is 53.0 Å². The lowest BCUT2D eigenvalue weighted by atomic mass is 9.96. The molecule has 3 rings (SSSR count). The molecule has 1 unspecified atom stereocenters. The first-order valence-electron chi connectivity index (χ1n) is 8.99. The monoisotopic (exact) mass is 318 g/mol. The maximum absolute atomic E-state index is 5.90. The van der Waals surface area contributed by atoms with E-state index < -0.39 is 0 Å². The molecule has 1 aromatic carbocycles. The van der Waals surface area contributed by atoms with Crippen LogP contribution in [0.2, 0.25) is 0 Å². The molecule has 0 bridgehead atoms. The molecule has 23 heavy (non-hydrogen) atoms. The fourth-order valence-electron chi connectivity index (χ4n) is 3.71. The number of benzene rings is 1. The lowest BCUT2D eigenvalue weighted by molar-refractivity contribution is 0.103. The van der Waals surface area contributed by atoms with E-state index in [0.717, 1.165) is 37.7 Å². The molecule has 0 N–H and O–H groups in total. The molecule has 1 saturated heterocycles. The molecule has 4 nitrogen and oxygen atoms in total. The summed E-state index contributed by atoms with van der Waals surface area (Å²) in [4.78, 5) is 5.21. The van der Waals surface area contributed by atoms with Gasteiger partial charge in [-0.3, -0.25) is 0 Å². The van der Waals surface area contributed by atoms with Gasteiger partial charge in [-0.05, 0) is 36.8 Å². The highest BCUT2D eigenvalue weighted by Gasteiger charge is 2.22. The van der Waals surface area contributed by atoms with Crippen molar-refractivity contribution >= 4 is 0 Å². The number of para-hydroxylation sites is 1. The van der Waals surface area contributed by atoms with Crippen LogP contribution in [0.4, 0.5) is 0 Å². The van der Waals surface area contributed by atoms with Crippen molar-refractivity contribution in [3.8, 4) is 5.75 Å². The van der Waals surface area contributed by atoms with Crippen LogP contribution in [0.5, 0.6) is 5.75 Å². The third-order valence-corrected chi connectivity index (χ3v) is 5.07. The van der Waals surface area contributed by atoms with Gasteiger partial charge in [0.1, 0.15) is 5.75 Å². The summed E-state index contributed by atoms with van der Waals surface area (Å²) in [7, 11) is 1.78. The minimum Gasteiger partial charge on any atom is -0.493 e. The summed E-state index contributed by atoms with van der Waals surface area (Å²) in [6.07, 6.45) is 3.47. The summed E-state index contributed by atoms with van der Waals surface area (Å²) in [5.41, 5.74) is 1.38. The lowest BCUT2D eigenvalue weighted by Crippen LogP contribution is -2.48. The molecule has 0 aromatic heterocycles. The minimum atomic E-state index is 0.721. The highest BCUT2D eigenvalue weighted by molar-refractivity contribution is 5.34. The van der Waals surface area contributed by atoms with Crippen LogP contribution in [-0.4, -0.2) is 69.4 Å². The highest BCUT2D eigenvalue weighted by atomic mass is 16.5. The van der Waals surface area contributed by atoms with Gasteiger partial charge in [-0.1, -0.05) is 18.2 Å². The average molecular weight is 318 g/mol. The molecule has 2 heterocycles. The van der Waals surface area contributed by atoms with Gasteiger partial charge in [0.15, 0.2) is 0 Å². The summed E-state index contributed by atoms with van der Waals surface area (Å²) < 4.78 is 11.0. The molecule has 4 heteroatoms. The Morgan fingerprint density at radius 1 is 1.13 bits per heavy atom. The Kier molecular flexibility index (Phi) is 6.31. The van der Waals surface area contributed by atoms with Crippen LogP contribution in [0, 0.1) is 5.92 Å². The van der Waals surface area contributed by atoms with E-state index in [4.69, 9.17) is 9.47 Å². The molecule has 2 aliphatic rings. The summed E-state index contributed by atoms with van der Waals surface area (Å²) in [5, 5.41) is 0. The van der Waals surface area contributed by atoms with Crippen LogP contribution in [0.3, 0.4) is 0 Å². The van der Waals surface area contributed by atoms with E-state index in [1.165, 1.54) is 51.3 Å². The van der Waals surface area contributed by atoms with Crippen molar-refractivity contribution in [3.05, 3.63) is 29.8 Å². The molecule has 128 valence electrons. The molecule has 1 aromatic rings. The molecule has 0 aliphatic carbocycles. The quantitative estimate of drug-likeness (QED) is 0.751. The molecule has 1 fully saturated rings. The molecular weight excluding hydrogens is 288 g/mol. The largest absolute Gasteiger partial charge is 0.493 e. The van der Waals surface area contributed by atoms with Crippen molar-refractivity contribution in [2.45, 2.75) is 19.3 Å². The highest BCUT2D eigenvalue weighted by Crippen LogP contribution is 2.27. The average Bonchev–Trinajstić information content (AvgIpc) is 2.78. The molecule has 2 aliphatic heterocycles. The first kappa shape index (κ1) is 16.7. The Labute approximate surface area is 140 Å². The second kappa shape index (κ2) is 8.67. The third-order valence-electron chi connectivity index (χ3n) is 5.07. The van der Waals surface area contributed by atoms with Crippen molar-refractivity contribution in [2.75, 3.05) is 59.6 Å². The van der Waals surface area contributed by atoms with E-state index >= 15 is 0 Å². The number of ether oxygens (including phenoxy) is 2. The zero-order valence-electron chi connectivity index (χ0n) is 14.4. The second-order valence-corrected chi connectivity index (χ2v) is 6.80. The van der Waals surface area contributed by atoms with E-state index in [9.17, 15) is 0 Å². The number of hydrogen-bond acceptors (Lipinski definition) is 4. The fourth-order valence-corrected chi connectivity index (χ4v) is 3.71. The molecule has 0 spiro atoms. The van der Waals surface area contributed by atoms with E-state index in [1.807, 2.05) is 0 Å². The van der Waals surface area contributed by atoms with Gasteiger partial charge in [0.25, 0.3) is 0 Å². The number of piperazine rings is 1. The molecule has 1 atom stereocenters. The third kappa shape index (κ3) is 4.93. The van der Waals surface area contributed by atoms with Crippen molar-refractivity contribution in [1.82, 2.24) is 9.80 Å². The van der Waals surface area contributed by atoms with E-state index in [-0.39, 0.29) is 0 Å². The van der Waals surface area contributed by atoms with Gasteiger partial charge in [-0.15, -0.1) is 0 Å². The summed E-state index contributed by atoms with van der Waals surface area (Å²) in [5.74, 6) is 1.82. The Morgan fingerprint density at radius 3 is 2.74 bits per heavy atom. The molecule has 0 amide bonds. The van der Waals surface area contributed by atoms with Crippen molar-refractivity contribution in [3.63, 3.8) is 0 Å². The molecule has 0 saturated carbocycles. The predicted molar refractivity (Wildman–Crippen MR) is 93.1 cm³/mol. The molecular formula is C19H30N2O2. The normalized spacial score (nSPS) is 23.1. The Bertz CT molecular complexity index is 472. The molecule has 0 radical (unpaired) electrons. The predicted octanol–water partition coefficient (Wildman–Crippen LogP) is 2.28. The van der Waals surface area contributed by atoms with Crippen LogP contribution in [0.1, 0.15) is 18.4 Å². The summed E-state index contributed by atoms with van der Waals surface area (Å²) >= 11 is 0. The second-order valence-electron chi connectivity index (χ2n) is 6.80. The van der Waals surface area contributed by atoms with Crippen molar-refractivity contribution in [1.29, 1.82) is 0 Å². The van der Waals surface area contributed by atoms with Crippen LogP contribution >= 0.6 is 0 Å². The van der Waals surface area contributed by atoms with Gasteiger partial charge in [-0.2, -0.15) is 0 Å². The Balaban J connectivity index is 1.44. The fraction of sp³-hybridized carbons (Fsp3) is 0.684. The summed E-state index contributed by atoms with van der Waals surface area (Å²) in [6, 6.07) is 8.53. The van der Waals surface area contributed by atoms with Crippen LogP contribution in [0.25, 0.3) is 0 Å². The van der Waals surface area contributed by atoms with Crippen LogP contribution < -0.4 is 4.74 Å².